The second kappa shape index (κ2) is 6.48. The van der Waals surface area contributed by atoms with Crippen LogP contribution in [0, 0.1) is 6.92 Å². The second-order valence-electron chi connectivity index (χ2n) is 4.51. The number of nitrogens with two attached hydrogens (primary N) is 1. The van der Waals surface area contributed by atoms with Gasteiger partial charge in [0, 0.05) is 17.1 Å². The molecule has 0 aliphatic heterocycles. The molecule has 0 saturated heterocycles. The Morgan fingerprint density at radius 1 is 1.20 bits per heavy atom. The number of amides is 1. The zero-order valence-electron chi connectivity index (χ0n) is 11.6. The smallest absolute Gasteiger partial charge is 0.252 e. The molecule has 2 rings (SSSR count). The van der Waals surface area contributed by atoms with Crippen molar-refractivity contribution in [3.8, 4) is 0 Å². The van der Waals surface area contributed by atoms with Gasteiger partial charge >= 0.3 is 0 Å². The average Bonchev–Trinajstić information content (AvgIpc) is 2.48. The van der Waals surface area contributed by atoms with Gasteiger partial charge in [-0.05, 0) is 42.5 Å². The highest BCUT2D eigenvalue weighted by molar-refractivity contribution is 7.98. The molecule has 3 N–H and O–H groups in total. The number of nitrogen functional groups attached to an aromatic ring is 1. The van der Waals surface area contributed by atoms with E-state index in [1.165, 1.54) is 0 Å². The molecule has 0 aromatic heterocycles. The van der Waals surface area contributed by atoms with E-state index >= 15 is 0 Å². The van der Waals surface area contributed by atoms with Gasteiger partial charge in [-0.2, -0.15) is 0 Å². The maximum atomic E-state index is 12.2. The summed E-state index contributed by atoms with van der Waals surface area (Å²) in [5.41, 5.74) is 9.39. The third-order valence-corrected chi connectivity index (χ3v) is 4.07. The van der Waals surface area contributed by atoms with E-state index < -0.39 is 0 Å². The second-order valence-corrected chi connectivity index (χ2v) is 5.36. The lowest BCUT2D eigenvalue weighted by atomic mass is 10.1. The number of rotatable bonds is 4. The molecule has 0 spiro atoms. The molecule has 0 saturated carbocycles. The Kier molecular flexibility index (Phi) is 4.69. The van der Waals surface area contributed by atoms with E-state index in [2.05, 4.69) is 5.32 Å². The van der Waals surface area contributed by atoms with Gasteiger partial charge in [-0.25, -0.2) is 0 Å². The molecule has 0 radical (unpaired) electrons. The first-order valence-corrected chi connectivity index (χ1v) is 7.61. The van der Waals surface area contributed by atoms with E-state index in [1.54, 1.807) is 11.8 Å². The van der Waals surface area contributed by atoms with E-state index in [1.807, 2.05) is 55.6 Å². The van der Waals surface area contributed by atoms with Crippen LogP contribution >= 0.6 is 11.8 Å². The van der Waals surface area contributed by atoms with Crippen molar-refractivity contribution in [2.24, 2.45) is 0 Å². The van der Waals surface area contributed by atoms with Crippen LogP contribution in [-0.2, 0) is 6.54 Å². The quantitative estimate of drug-likeness (QED) is 0.670. The van der Waals surface area contributed by atoms with Crippen molar-refractivity contribution in [2.45, 2.75) is 18.4 Å². The fraction of sp³-hybridized carbons (Fsp3) is 0.188. The number of anilines is 1. The Bertz CT molecular complexity index is 626. The molecule has 2 aromatic rings. The molecule has 0 heterocycles. The van der Waals surface area contributed by atoms with E-state index in [0.29, 0.717) is 12.1 Å². The Balaban J connectivity index is 2.11. The number of hydrogen-bond acceptors (Lipinski definition) is 3. The SMILES string of the molecule is CSc1ccccc1C(=O)NCc1cccc(N)c1C. The van der Waals surface area contributed by atoms with Crippen molar-refractivity contribution in [2.75, 3.05) is 12.0 Å². The number of nitrogens with one attached hydrogen (secondary N) is 1. The first kappa shape index (κ1) is 14.5. The lowest BCUT2D eigenvalue weighted by Gasteiger charge is -2.11. The fourth-order valence-corrected chi connectivity index (χ4v) is 2.59. The molecule has 0 aliphatic rings. The van der Waals surface area contributed by atoms with E-state index in [0.717, 1.165) is 21.7 Å². The number of thioether (sulfide) groups is 1. The monoisotopic (exact) mass is 286 g/mol. The van der Waals surface area contributed by atoms with Gasteiger partial charge < -0.3 is 11.1 Å². The Hall–Kier alpha value is -1.94. The van der Waals surface area contributed by atoms with Crippen molar-refractivity contribution < 1.29 is 4.79 Å². The van der Waals surface area contributed by atoms with Gasteiger partial charge in [-0.1, -0.05) is 24.3 Å². The highest BCUT2D eigenvalue weighted by atomic mass is 32.2. The maximum absolute atomic E-state index is 12.2. The summed E-state index contributed by atoms with van der Waals surface area (Å²) < 4.78 is 0. The average molecular weight is 286 g/mol. The first-order valence-electron chi connectivity index (χ1n) is 6.38. The molecule has 0 atom stereocenters. The third kappa shape index (κ3) is 3.14. The van der Waals surface area contributed by atoms with Crippen molar-refractivity contribution in [1.29, 1.82) is 0 Å². The summed E-state index contributed by atoms with van der Waals surface area (Å²) in [6.45, 7) is 2.45. The van der Waals surface area contributed by atoms with Gasteiger partial charge in [0.05, 0.1) is 5.56 Å². The zero-order chi connectivity index (χ0) is 14.5. The molecule has 4 heteroatoms. The van der Waals surface area contributed by atoms with Crippen LogP contribution in [0.25, 0.3) is 0 Å². The molecule has 104 valence electrons. The minimum atomic E-state index is -0.0585. The zero-order valence-corrected chi connectivity index (χ0v) is 12.5. The molecule has 20 heavy (non-hydrogen) atoms. The molecular weight excluding hydrogens is 268 g/mol. The van der Waals surface area contributed by atoms with Crippen LogP contribution in [0.4, 0.5) is 5.69 Å². The van der Waals surface area contributed by atoms with Gasteiger partial charge in [0.15, 0.2) is 0 Å². The van der Waals surface area contributed by atoms with Gasteiger partial charge in [0.25, 0.3) is 5.91 Å². The Labute approximate surface area is 123 Å². The molecular formula is C16H18N2OS. The van der Waals surface area contributed by atoms with Gasteiger partial charge in [-0.15, -0.1) is 11.8 Å². The summed E-state index contributed by atoms with van der Waals surface area (Å²) >= 11 is 1.57. The third-order valence-electron chi connectivity index (χ3n) is 3.28. The molecule has 2 aromatic carbocycles. The molecule has 0 bridgehead atoms. The van der Waals surface area contributed by atoms with Crippen LogP contribution in [0.2, 0.25) is 0 Å². The number of hydrogen-bond donors (Lipinski definition) is 2. The van der Waals surface area contributed by atoms with Crippen LogP contribution in [0.3, 0.4) is 0 Å². The fourth-order valence-electron chi connectivity index (χ4n) is 2.00. The van der Waals surface area contributed by atoms with Crippen LogP contribution in [0.15, 0.2) is 47.4 Å². The van der Waals surface area contributed by atoms with E-state index in [4.69, 9.17) is 5.73 Å². The summed E-state index contributed by atoms with van der Waals surface area (Å²) in [7, 11) is 0. The predicted molar refractivity (Wildman–Crippen MR) is 85.0 cm³/mol. The van der Waals surface area contributed by atoms with E-state index in [9.17, 15) is 4.79 Å². The molecule has 0 fully saturated rings. The summed E-state index contributed by atoms with van der Waals surface area (Å²) in [5, 5.41) is 2.95. The van der Waals surface area contributed by atoms with Gasteiger partial charge in [-0.3, -0.25) is 4.79 Å². The minimum Gasteiger partial charge on any atom is -0.399 e. The van der Waals surface area contributed by atoms with Crippen molar-refractivity contribution in [3.05, 3.63) is 59.2 Å². The normalized spacial score (nSPS) is 10.3. The number of carbonyl (C=O) groups is 1. The van der Waals surface area contributed by atoms with Crippen LogP contribution in [0.5, 0.6) is 0 Å². The first-order chi connectivity index (χ1) is 9.63. The predicted octanol–water partition coefficient (Wildman–Crippen LogP) is 3.23. The standard InChI is InChI=1S/C16H18N2OS/c1-11-12(6-5-8-14(11)17)10-18-16(19)13-7-3-4-9-15(13)20-2/h3-9H,10,17H2,1-2H3,(H,18,19). The Morgan fingerprint density at radius 2 is 1.95 bits per heavy atom. The summed E-state index contributed by atoms with van der Waals surface area (Å²) in [6.07, 6.45) is 1.97. The van der Waals surface area contributed by atoms with Crippen LogP contribution in [-0.4, -0.2) is 12.2 Å². The summed E-state index contributed by atoms with van der Waals surface area (Å²) in [6, 6.07) is 13.3. The van der Waals surface area contributed by atoms with E-state index in [-0.39, 0.29) is 5.91 Å². The lowest BCUT2D eigenvalue weighted by Crippen LogP contribution is -2.23. The minimum absolute atomic E-state index is 0.0585. The van der Waals surface area contributed by atoms with Crippen LogP contribution in [0.1, 0.15) is 21.5 Å². The molecule has 0 unspecified atom stereocenters. The molecule has 1 amide bonds. The largest absolute Gasteiger partial charge is 0.399 e. The Morgan fingerprint density at radius 3 is 2.70 bits per heavy atom. The van der Waals surface area contributed by atoms with Gasteiger partial charge in [0.2, 0.25) is 0 Å². The molecule has 3 nitrogen and oxygen atoms in total. The van der Waals surface area contributed by atoms with Crippen molar-refractivity contribution >= 4 is 23.4 Å². The summed E-state index contributed by atoms with van der Waals surface area (Å²) in [5.74, 6) is -0.0585. The van der Waals surface area contributed by atoms with Crippen LogP contribution < -0.4 is 11.1 Å². The summed E-state index contributed by atoms with van der Waals surface area (Å²) in [4.78, 5) is 13.2. The maximum Gasteiger partial charge on any atom is 0.252 e. The lowest BCUT2D eigenvalue weighted by molar-refractivity contribution is 0.0948. The number of carbonyl (C=O) groups excluding carboxylic acids is 1. The highest BCUT2D eigenvalue weighted by Crippen LogP contribution is 2.20. The topological polar surface area (TPSA) is 55.1 Å². The molecule has 0 aliphatic carbocycles. The highest BCUT2D eigenvalue weighted by Gasteiger charge is 2.10. The number of benzene rings is 2. The van der Waals surface area contributed by atoms with Gasteiger partial charge in [0.1, 0.15) is 0 Å². The van der Waals surface area contributed by atoms with Crippen molar-refractivity contribution in [1.82, 2.24) is 5.32 Å². The van der Waals surface area contributed by atoms with Crippen molar-refractivity contribution in [3.63, 3.8) is 0 Å².